The molecule has 176 valence electrons. The third kappa shape index (κ3) is 4.10. The number of nitrogens with zero attached hydrogens (tertiary/aromatic N) is 5. The third-order valence-electron chi connectivity index (χ3n) is 5.96. The van der Waals surface area contributed by atoms with E-state index in [4.69, 9.17) is 0 Å². The van der Waals surface area contributed by atoms with E-state index in [0.717, 1.165) is 12.1 Å². The molecule has 0 bridgehead atoms. The van der Waals surface area contributed by atoms with E-state index in [2.05, 4.69) is 20.3 Å². The van der Waals surface area contributed by atoms with Crippen LogP contribution in [0.5, 0.6) is 0 Å². The summed E-state index contributed by atoms with van der Waals surface area (Å²) in [6, 6.07) is 11.0. The molecule has 0 atom stereocenters. The first-order valence-corrected chi connectivity index (χ1v) is 12.1. The summed E-state index contributed by atoms with van der Waals surface area (Å²) < 4.78 is 55.7. The van der Waals surface area contributed by atoms with Crippen LogP contribution in [-0.2, 0) is 16.6 Å². The van der Waals surface area contributed by atoms with Crippen molar-refractivity contribution in [3.63, 3.8) is 0 Å². The maximum absolute atomic E-state index is 14.1. The molecular formula is C22H20F2N6O3S. The van der Waals surface area contributed by atoms with E-state index >= 15 is 0 Å². The zero-order valence-corrected chi connectivity index (χ0v) is 18.7. The van der Waals surface area contributed by atoms with Gasteiger partial charge in [0, 0.05) is 24.6 Å². The molecule has 2 aromatic carbocycles. The molecule has 0 spiro atoms. The highest BCUT2D eigenvalue weighted by Crippen LogP contribution is 2.29. The Morgan fingerprint density at radius 2 is 1.74 bits per heavy atom. The van der Waals surface area contributed by atoms with E-state index in [-0.39, 0.29) is 41.6 Å². The third-order valence-corrected chi connectivity index (χ3v) is 7.87. The Morgan fingerprint density at radius 3 is 2.44 bits per heavy atom. The number of fused-ring (bicyclic) bond motifs is 1. The molecule has 4 aromatic rings. The van der Waals surface area contributed by atoms with Crippen molar-refractivity contribution in [3.05, 3.63) is 81.9 Å². The summed E-state index contributed by atoms with van der Waals surface area (Å²) in [5, 5.41) is 7.85. The molecule has 0 amide bonds. The molecule has 9 nitrogen and oxygen atoms in total. The Bertz CT molecular complexity index is 1510. The molecule has 1 fully saturated rings. The summed E-state index contributed by atoms with van der Waals surface area (Å²) in [4.78, 5) is 19.9. The lowest BCUT2D eigenvalue weighted by Crippen LogP contribution is -2.38. The molecule has 0 radical (unpaired) electrons. The number of benzene rings is 2. The molecule has 0 saturated carbocycles. The Hall–Kier alpha value is -3.51. The molecule has 0 unspecified atom stereocenters. The molecule has 1 aliphatic rings. The number of hydrogen-bond acceptors (Lipinski definition) is 6. The molecule has 1 saturated heterocycles. The first kappa shape index (κ1) is 22.3. The highest BCUT2D eigenvalue weighted by Gasteiger charge is 2.31. The molecule has 5 rings (SSSR count). The summed E-state index contributed by atoms with van der Waals surface area (Å²) in [7, 11) is -3.75. The van der Waals surface area contributed by atoms with Crippen LogP contribution >= 0.6 is 0 Å². The van der Waals surface area contributed by atoms with Crippen LogP contribution in [0.4, 0.5) is 8.78 Å². The predicted molar refractivity (Wildman–Crippen MR) is 119 cm³/mol. The minimum Gasteiger partial charge on any atom is -0.308 e. The second-order valence-corrected chi connectivity index (χ2v) is 10.0. The largest absolute Gasteiger partial charge is 0.308 e. The quantitative estimate of drug-likeness (QED) is 0.464. The maximum Gasteiger partial charge on any atom is 0.281 e. The summed E-state index contributed by atoms with van der Waals surface area (Å²) in [6.07, 6.45) is 0.869. The van der Waals surface area contributed by atoms with Crippen molar-refractivity contribution >= 4 is 21.2 Å². The van der Waals surface area contributed by atoms with Gasteiger partial charge < -0.3 is 4.98 Å². The lowest BCUT2D eigenvalue weighted by Gasteiger charge is -2.30. The average Bonchev–Trinajstić information content (AvgIpc) is 3.24. The zero-order valence-electron chi connectivity index (χ0n) is 17.9. The van der Waals surface area contributed by atoms with Crippen LogP contribution < -0.4 is 5.56 Å². The molecule has 12 heteroatoms. The van der Waals surface area contributed by atoms with Crippen LogP contribution in [0.3, 0.4) is 0 Å². The average molecular weight is 487 g/mol. The van der Waals surface area contributed by atoms with E-state index in [1.54, 1.807) is 18.2 Å². The first-order chi connectivity index (χ1) is 16.3. The van der Waals surface area contributed by atoms with Gasteiger partial charge in [-0.1, -0.05) is 23.4 Å². The smallest absolute Gasteiger partial charge is 0.281 e. The van der Waals surface area contributed by atoms with Gasteiger partial charge in [0.1, 0.15) is 17.5 Å². The second-order valence-electron chi connectivity index (χ2n) is 8.09. The van der Waals surface area contributed by atoms with Crippen molar-refractivity contribution < 1.29 is 17.2 Å². The van der Waals surface area contributed by atoms with Gasteiger partial charge in [-0.15, -0.1) is 5.10 Å². The van der Waals surface area contributed by atoms with Crippen molar-refractivity contribution in [2.75, 3.05) is 13.1 Å². The van der Waals surface area contributed by atoms with E-state index in [1.807, 2.05) is 0 Å². The van der Waals surface area contributed by atoms with E-state index in [9.17, 15) is 22.0 Å². The second kappa shape index (κ2) is 8.69. The molecule has 3 heterocycles. The van der Waals surface area contributed by atoms with E-state index in [1.165, 1.54) is 27.2 Å². The van der Waals surface area contributed by atoms with Gasteiger partial charge in [0.05, 0.1) is 11.4 Å². The Balaban J connectivity index is 1.37. The fourth-order valence-corrected chi connectivity index (χ4v) is 5.57. The van der Waals surface area contributed by atoms with Gasteiger partial charge in [0.25, 0.3) is 5.56 Å². The highest BCUT2D eigenvalue weighted by molar-refractivity contribution is 7.89. The number of hydrogen-bond donors (Lipinski definition) is 1. The molecule has 2 aromatic heterocycles. The number of piperidine rings is 1. The van der Waals surface area contributed by atoms with Crippen LogP contribution in [-0.4, -0.2) is 50.8 Å². The van der Waals surface area contributed by atoms with Gasteiger partial charge in [0.2, 0.25) is 10.0 Å². The van der Waals surface area contributed by atoms with Crippen molar-refractivity contribution in [2.24, 2.45) is 0 Å². The maximum atomic E-state index is 14.1. The number of nitrogens with one attached hydrogen (secondary N) is 1. The summed E-state index contributed by atoms with van der Waals surface area (Å²) >= 11 is 0. The van der Waals surface area contributed by atoms with Gasteiger partial charge in [-0.25, -0.2) is 26.9 Å². The molecule has 1 N–H and O–H groups in total. The molecule has 1 aliphatic heterocycles. The highest BCUT2D eigenvalue weighted by atomic mass is 32.2. The van der Waals surface area contributed by atoms with E-state index < -0.39 is 27.2 Å². The first-order valence-electron chi connectivity index (χ1n) is 10.7. The fraction of sp³-hybridized carbons (Fsp3) is 0.273. The van der Waals surface area contributed by atoms with Gasteiger partial charge in [0.15, 0.2) is 11.2 Å². The van der Waals surface area contributed by atoms with Crippen molar-refractivity contribution in [1.82, 2.24) is 29.3 Å². The van der Waals surface area contributed by atoms with Gasteiger partial charge >= 0.3 is 0 Å². The van der Waals surface area contributed by atoms with Crippen LogP contribution in [0, 0.1) is 11.6 Å². The Morgan fingerprint density at radius 1 is 1.03 bits per heavy atom. The Labute approximate surface area is 193 Å². The predicted octanol–water partition coefficient (Wildman–Crippen LogP) is 2.41. The summed E-state index contributed by atoms with van der Waals surface area (Å²) in [6.45, 7) is 0.505. The Kier molecular flexibility index (Phi) is 5.70. The van der Waals surface area contributed by atoms with Crippen LogP contribution in [0.15, 0.2) is 58.2 Å². The van der Waals surface area contributed by atoms with Crippen LogP contribution in [0.25, 0.3) is 11.2 Å². The lowest BCUT2D eigenvalue weighted by molar-refractivity contribution is 0.313. The zero-order chi connectivity index (χ0) is 23.9. The topological polar surface area (TPSA) is 114 Å². The van der Waals surface area contributed by atoms with Crippen molar-refractivity contribution in [2.45, 2.75) is 30.2 Å². The van der Waals surface area contributed by atoms with Crippen LogP contribution in [0.2, 0.25) is 0 Å². The minimum atomic E-state index is -3.75. The number of halogens is 2. The molecule has 0 aliphatic carbocycles. The standard InChI is InChI=1S/C22H20F2N6O3S/c23-16-5-7-17(8-6-16)34(32,33)29-11-9-14(10-12-29)20-25-21-19(22(31)26-20)27-28-30(21)13-15-3-1-2-4-18(15)24/h1-8,14H,9-13H2,(H,25,26,31). The van der Waals surface area contributed by atoms with Gasteiger partial charge in [-0.2, -0.15) is 4.31 Å². The summed E-state index contributed by atoms with van der Waals surface area (Å²) in [5.41, 5.74) is 0.221. The van der Waals surface area contributed by atoms with Crippen molar-refractivity contribution in [1.29, 1.82) is 0 Å². The van der Waals surface area contributed by atoms with Crippen LogP contribution in [0.1, 0.15) is 30.1 Å². The fourth-order valence-electron chi connectivity index (χ4n) is 4.10. The number of aromatic amines is 1. The normalized spacial score (nSPS) is 15.7. The number of sulfonamides is 1. The monoisotopic (exact) mass is 486 g/mol. The number of H-pyrrole nitrogens is 1. The number of rotatable bonds is 5. The van der Waals surface area contributed by atoms with E-state index in [0.29, 0.717) is 24.2 Å². The van der Waals surface area contributed by atoms with Gasteiger partial charge in [-0.3, -0.25) is 4.79 Å². The lowest BCUT2D eigenvalue weighted by atomic mass is 9.97. The summed E-state index contributed by atoms with van der Waals surface area (Å²) in [5.74, 6) is -0.681. The van der Waals surface area contributed by atoms with Gasteiger partial charge in [-0.05, 0) is 43.2 Å². The minimum absolute atomic E-state index is 0.0309. The SMILES string of the molecule is O=c1[nH]c(C2CCN(S(=O)(=O)c3ccc(F)cc3)CC2)nc2c1nnn2Cc1ccccc1F. The number of aromatic nitrogens is 5. The molecule has 34 heavy (non-hydrogen) atoms. The molecular weight excluding hydrogens is 466 g/mol. The van der Waals surface area contributed by atoms with Crippen molar-refractivity contribution in [3.8, 4) is 0 Å².